The van der Waals surface area contributed by atoms with Gasteiger partial charge in [-0.1, -0.05) is 11.6 Å². The standard InChI is InChI=1S/C17H21ClN4OS/c1-11-9-14(3-4-15(11)18)20-13-5-7-22(8-6-13)17(23)21-16-19-10-12(2)24-16/h3-4,9-10,13,20H,5-8H2,1-2H3,(H,19,21,23). The van der Waals surface area contributed by atoms with Crippen LogP contribution < -0.4 is 10.6 Å². The molecule has 2 amide bonds. The van der Waals surface area contributed by atoms with E-state index in [4.69, 9.17) is 11.6 Å². The van der Waals surface area contributed by atoms with Gasteiger partial charge in [0.2, 0.25) is 0 Å². The SMILES string of the molecule is Cc1cnc(NC(=O)N2CCC(Nc3ccc(Cl)c(C)c3)CC2)s1. The van der Waals surface area contributed by atoms with Gasteiger partial charge in [-0.15, -0.1) is 11.3 Å². The summed E-state index contributed by atoms with van der Waals surface area (Å²) in [5.74, 6) is 0. The second-order valence-corrected chi connectivity index (χ2v) is 7.72. The summed E-state index contributed by atoms with van der Waals surface area (Å²) in [6, 6.07) is 6.28. The largest absolute Gasteiger partial charge is 0.382 e. The van der Waals surface area contributed by atoms with Crippen molar-refractivity contribution >= 4 is 39.8 Å². The number of carbonyl (C=O) groups excluding carboxylic acids is 1. The van der Waals surface area contributed by atoms with Crippen molar-refractivity contribution in [2.75, 3.05) is 23.7 Å². The molecule has 1 aromatic carbocycles. The van der Waals surface area contributed by atoms with Crippen LogP contribution in [-0.2, 0) is 0 Å². The highest BCUT2D eigenvalue weighted by molar-refractivity contribution is 7.15. The van der Waals surface area contributed by atoms with Gasteiger partial charge in [0.1, 0.15) is 0 Å². The zero-order valence-electron chi connectivity index (χ0n) is 13.8. The topological polar surface area (TPSA) is 57.3 Å². The van der Waals surface area contributed by atoms with E-state index >= 15 is 0 Å². The molecule has 1 aromatic heterocycles. The Labute approximate surface area is 151 Å². The zero-order valence-corrected chi connectivity index (χ0v) is 15.4. The summed E-state index contributed by atoms with van der Waals surface area (Å²) in [5, 5.41) is 7.85. The highest BCUT2D eigenvalue weighted by Crippen LogP contribution is 2.23. The maximum absolute atomic E-state index is 12.3. The molecule has 0 aliphatic carbocycles. The number of halogens is 1. The second kappa shape index (κ2) is 7.40. The molecule has 0 saturated carbocycles. The molecule has 1 saturated heterocycles. The fourth-order valence-corrected chi connectivity index (χ4v) is 3.55. The van der Waals surface area contributed by atoms with E-state index in [1.54, 1.807) is 6.20 Å². The first-order valence-electron chi connectivity index (χ1n) is 8.02. The third-order valence-corrected chi connectivity index (χ3v) is 5.40. The highest BCUT2D eigenvalue weighted by atomic mass is 35.5. The molecule has 1 fully saturated rings. The van der Waals surface area contributed by atoms with Crippen LogP contribution in [-0.4, -0.2) is 35.0 Å². The summed E-state index contributed by atoms with van der Waals surface area (Å²) in [5.41, 5.74) is 2.15. The number of piperidine rings is 1. The minimum Gasteiger partial charge on any atom is -0.382 e. The van der Waals surface area contributed by atoms with E-state index in [0.717, 1.165) is 47.1 Å². The number of urea groups is 1. The molecule has 24 heavy (non-hydrogen) atoms. The molecule has 2 aromatic rings. The molecule has 0 spiro atoms. The number of benzene rings is 1. The van der Waals surface area contributed by atoms with E-state index in [1.165, 1.54) is 11.3 Å². The molecule has 2 N–H and O–H groups in total. The van der Waals surface area contributed by atoms with E-state index in [0.29, 0.717) is 11.2 Å². The summed E-state index contributed by atoms with van der Waals surface area (Å²) >= 11 is 7.55. The Balaban J connectivity index is 1.50. The van der Waals surface area contributed by atoms with Crippen LogP contribution in [0.25, 0.3) is 0 Å². The molecular weight excluding hydrogens is 344 g/mol. The molecule has 0 atom stereocenters. The number of amides is 2. The molecule has 2 heterocycles. The zero-order chi connectivity index (χ0) is 17.1. The van der Waals surface area contributed by atoms with Gasteiger partial charge in [0.15, 0.2) is 5.13 Å². The molecule has 0 unspecified atom stereocenters. The van der Waals surface area contributed by atoms with Gasteiger partial charge >= 0.3 is 6.03 Å². The number of hydrogen-bond acceptors (Lipinski definition) is 4. The molecule has 128 valence electrons. The maximum Gasteiger partial charge on any atom is 0.323 e. The van der Waals surface area contributed by atoms with Gasteiger partial charge in [0, 0.05) is 40.9 Å². The summed E-state index contributed by atoms with van der Waals surface area (Å²) < 4.78 is 0. The number of nitrogens with one attached hydrogen (secondary N) is 2. The van der Waals surface area contributed by atoms with E-state index in [2.05, 4.69) is 21.7 Å². The van der Waals surface area contributed by atoms with Crippen LogP contribution in [0.15, 0.2) is 24.4 Å². The van der Waals surface area contributed by atoms with Crippen LogP contribution >= 0.6 is 22.9 Å². The van der Waals surface area contributed by atoms with Crippen molar-refractivity contribution in [3.05, 3.63) is 39.9 Å². The lowest BCUT2D eigenvalue weighted by molar-refractivity contribution is 0.197. The Hall–Kier alpha value is -1.79. The fraction of sp³-hybridized carbons (Fsp3) is 0.412. The number of aromatic nitrogens is 1. The number of rotatable bonds is 3. The number of nitrogens with zero attached hydrogens (tertiary/aromatic N) is 2. The Bertz CT molecular complexity index is 725. The fourth-order valence-electron chi connectivity index (χ4n) is 2.78. The molecule has 3 rings (SSSR count). The summed E-state index contributed by atoms with van der Waals surface area (Å²) in [4.78, 5) is 19.4. The summed E-state index contributed by atoms with van der Waals surface area (Å²) in [6.07, 6.45) is 3.61. The number of aryl methyl sites for hydroxylation is 2. The van der Waals surface area contributed by atoms with E-state index in [-0.39, 0.29) is 6.03 Å². The summed E-state index contributed by atoms with van der Waals surface area (Å²) in [6.45, 7) is 5.45. The molecular formula is C17H21ClN4OS. The Morgan fingerprint density at radius 2 is 2.08 bits per heavy atom. The van der Waals surface area contributed by atoms with Crippen LogP contribution in [0.3, 0.4) is 0 Å². The maximum atomic E-state index is 12.3. The van der Waals surface area contributed by atoms with Crippen molar-refractivity contribution in [1.29, 1.82) is 0 Å². The van der Waals surface area contributed by atoms with Gasteiger partial charge in [-0.25, -0.2) is 9.78 Å². The molecule has 0 bridgehead atoms. The van der Waals surface area contributed by atoms with Crippen molar-refractivity contribution in [1.82, 2.24) is 9.88 Å². The normalized spacial score (nSPS) is 15.4. The minimum absolute atomic E-state index is 0.0647. The Kier molecular flexibility index (Phi) is 5.26. The Morgan fingerprint density at radius 1 is 1.33 bits per heavy atom. The molecule has 0 radical (unpaired) electrons. The third-order valence-electron chi connectivity index (χ3n) is 4.15. The van der Waals surface area contributed by atoms with E-state index < -0.39 is 0 Å². The van der Waals surface area contributed by atoms with Gasteiger partial charge in [0.05, 0.1) is 0 Å². The number of thiazole rings is 1. The predicted molar refractivity (Wildman–Crippen MR) is 100 cm³/mol. The van der Waals surface area contributed by atoms with E-state index in [1.807, 2.05) is 30.9 Å². The predicted octanol–water partition coefficient (Wildman–Crippen LogP) is 4.52. The summed E-state index contributed by atoms with van der Waals surface area (Å²) in [7, 11) is 0. The van der Waals surface area contributed by atoms with Crippen LogP contribution in [0, 0.1) is 13.8 Å². The number of likely N-dealkylation sites (tertiary alicyclic amines) is 1. The monoisotopic (exact) mass is 364 g/mol. The Morgan fingerprint density at radius 3 is 2.71 bits per heavy atom. The van der Waals surface area contributed by atoms with Gasteiger partial charge < -0.3 is 10.2 Å². The smallest absolute Gasteiger partial charge is 0.323 e. The van der Waals surface area contributed by atoms with Crippen molar-refractivity contribution in [3.63, 3.8) is 0 Å². The molecule has 7 heteroatoms. The van der Waals surface area contributed by atoms with Crippen LogP contribution in [0.4, 0.5) is 15.6 Å². The first kappa shape index (κ1) is 17.0. The van der Waals surface area contributed by atoms with Crippen LogP contribution in [0.1, 0.15) is 23.3 Å². The average Bonchev–Trinajstić information content (AvgIpc) is 2.96. The third kappa shape index (κ3) is 4.19. The van der Waals surface area contributed by atoms with Crippen molar-refractivity contribution in [2.24, 2.45) is 0 Å². The van der Waals surface area contributed by atoms with E-state index in [9.17, 15) is 4.79 Å². The van der Waals surface area contributed by atoms with Crippen molar-refractivity contribution in [3.8, 4) is 0 Å². The van der Waals surface area contributed by atoms with Gasteiger partial charge in [0.25, 0.3) is 0 Å². The number of anilines is 2. The van der Waals surface area contributed by atoms with Gasteiger partial charge in [-0.05, 0) is 50.5 Å². The minimum atomic E-state index is -0.0647. The molecule has 5 nitrogen and oxygen atoms in total. The number of carbonyl (C=O) groups is 1. The van der Waals surface area contributed by atoms with Crippen molar-refractivity contribution in [2.45, 2.75) is 32.7 Å². The molecule has 1 aliphatic heterocycles. The van der Waals surface area contributed by atoms with Gasteiger partial charge in [-0.2, -0.15) is 0 Å². The second-order valence-electron chi connectivity index (χ2n) is 6.08. The lowest BCUT2D eigenvalue weighted by Gasteiger charge is -2.32. The lowest BCUT2D eigenvalue weighted by Crippen LogP contribution is -2.44. The quantitative estimate of drug-likeness (QED) is 0.841. The van der Waals surface area contributed by atoms with Crippen molar-refractivity contribution < 1.29 is 4.79 Å². The lowest BCUT2D eigenvalue weighted by atomic mass is 10.0. The van der Waals surface area contributed by atoms with Gasteiger partial charge in [-0.3, -0.25) is 5.32 Å². The van der Waals surface area contributed by atoms with Crippen LogP contribution in [0.2, 0.25) is 5.02 Å². The number of hydrogen-bond donors (Lipinski definition) is 2. The first-order valence-corrected chi connectivity index (χ1v) is 9.22. The van der Waals surface area contributed by atoms with Crippen LogP contribution in [0.5, 0.6) is 0 Å². The average molecular weight is 365 g/mol. The highest BCUT2D eigenvalue weighted by Gasteiger charge is 2.23. The molecule has 1 aliphatic rings. The first-order chi connectivity index (χ1) is 11.5.